The molecule has 1 aromatic heterocycles. The summed E-state index contributed by atoms with van der Waals surface area (Å²) in [6, 6.07) is 7.84. The van der Waals surface area contributed by atoms with Crippen LogP contribution in [0, 0.1) is 0 Å². The molecule has 0 saturated carbocycles. The molecule has 0 aliphatic carbocycles. The summed E-state index contributed by atoms with van der Waals surface area (Å²) in [6.45, 7) is 2.34. The second-order valence-electron chi connectivity index (χ2n) is 3.83. The van der Waals surface area contributed by atoms with Crippen molar-refractivity contribution < 1.29 is 10.2 Å². The van der Waals surface area contributed by atoms with Gasteiger partial charge < -0.3 is 14.8 Å². The first kappa shape index (κ1) is 10.2. The van der Waals surface area contributed by atoms with Crippen LogP contribution in [-0.4, -0.2) is 20.9 Å². The Kier molecular flexibility index (Phi) is 2.75. The van der Waals surface area contributed by atoms with Gasteiger partial charge >= 0.3 is 0 Å². The van der Waals surface area contributed by atoms with Gasteiger partial charge in [-0.25, -0.2) is 0 Å². The van der Waals surface area contributed by atoms with Crippen LogP contribution in [0.5, 0.6) is 0 Å². The molecule has 2 aromatic rings. The van der Waals surface area contributed by atoms with E-state index in [-0.39, 0.29) is 12.7 Å². The standard InChI is InChI=1S/C12H15NO2/c1-9(15)7-13-6-5-10-3-2-4-11(8-14)12(10)13/h2-6,9,14-15H,7-8H2,1H3. The fourth-order valence-corrected chi connectivity index (χ4v) is 1.91. The maximum Gasteiger partial charge on any atom is 0.0702 e. The molecule has 3 nitrogen and oxygen atoms in total. The van der Waals surface area contributed by atoms with Crippen LogP contribution in [0.25, 0.3) is 10.9 Å². The van der Waals surface area contributed by atoms with Crippen LogP contribution in [0.3, 0.4) is 0 Å². The van der Waals surface area contributed by atoms with Crippen molar-refractivity contribution >= 4 is 10.9 Å². The van der Waals surface area contributed by atoms with Gasteiger partial charge in [0.15, 0.2) is 0 Å². The van der Waals surface area contributed by atoms with Gasteiger partial charge in [0.1, 0.15) is 0 Å². The van der Waals surface area contributed by atoms with E-state index in [0.29, 0.717) is 6.54 Å². The van der Waals surface area contributed by atoms with Crippen LogP contribution < -0.4 is 0 Å². The summed E-state index contributed by atoms with van der Waals surface area (Å²) in [5.74, 6) is 0. The number of para-hydroxylation sites is 1. The lowest BCUT2D eigenvalue weighted by molar-refractivity contribution is 0.175. The average molecular weight is 205 g/mol. The molecule has 3 heteroatoms. The summed E-state index contributed by atoms with van der Waals surface area (Å²) in [4.78, 5) is 0. The van der Waals surface area contributed by atoms with E-state index >= 15 is 0 Å². The molecule has 0 bridgehead atoms. The van der Waals surface area contributed by atoms with Gasteiger partial charge in [0.25, 0.3) is 0 Å². The first-order valence-corrected chi connectivity index (χ1v) is 5.08. The quantitative estimate of drug-likeness (QED) is 0.798. The molecule has 0 saturated heterocycles. The van der Waals surface area contributed by atoms with E-state index in [4.69, 9.17) is 0 Å². The molecular formula is C12H15NO2. The van der Waals surface area contributed by atoms with E-state index in [1.807, 2.05) is 35.0 Å². The minimum atomic E-state index is -0.382. The third-order valence-corrected chi connectivity index (χ3v) is 2.50. The van der Waals surface area contributed by atoms with Crippen LogP contribution in [0.2, 0.25) is 0 Å². The highest BCUT2D eigenvalue weighted by Crippen LogP contribution is 2.20. The summed E-state index contributed by atoms with van der Waals surface area (Å²) in [7, 11) is 0. The maximum atomic E-state index is 9.36. The van der Waals surface area contributed by atoms with Crippen molar-refractivity contribution in [2.75, 3.05) is 0 Å². The number of aliphatic hydroxyl groups is 2. The van der Waals surface area contributed by atoms with Gasteiger partial charge in [-0.15, -0.1) is 0 Å². The Morgan fingerprint density at radius 1 is 1.33 bits per heavy atom. The summed E-state index contributed by atoms with van der Waals surface area (Å²) in [5.41, 5.74) is 1.92. The van der Waals surface area contributed by atoms with Gasteiger partial charge in [-0.3, -0.25) is 0 Å². The monoisotopic (exact) mass is 205 g/mol. The van der Waals surface area contributed by atoms with Crippen LogP contribution in [-0.2, 0) is 13.2 Å². The Labute approximate surface area is 88.6 Å². The van der Waals surface area contributed by atoms with Crippen molar-refractivity contribution in [3.8, 4) is 0 Å². The summed E-state index contributed by atoms with van der Waals surface area (Å²) in [6.07, 6.45) is 1.56. The number of nitrogens with zero attached hydrogens (tertiary/aromatic N) is 1. The van der Waals surface area contributed by atoms with Crippen molar-refractivity contribution in [1.29, 1.82) is 0 Å². The Morgan fingerprint density at radius 3 is 2.80 bits per heavy atom. The molecule has 1 heterocycles. The van der Waals surface area contributed by atoms with Gasteiger partial charge in [-0.05, 0) is 18.4 Å². The molecular weight excluding hydrogens is 190 g/mol. The number of benzene rings is 1. The highest BCUT2D eigenvalue weighted by Gasteiger charge is 2.07. The Balaban J connectivity index is 2.55. The lowest BCUT2D eigenvalue weighted by Gasteiger charge is -2.10. The van der Waals surface area contributed by atoms with Crippen molar-refractivity contribution in [3.05, 3.63) is 36.0 Å². The van der Waals surface area contributed by atoms with Gasteiger partial charge in [0, 0.05) is 18.3 Å². The van der Waals surface area contributed by atoms with Crippen LogP contribution >= 0.6 is 0 Å². The molecule has 80 valence electrons. The van der Waals surface area contributed by atoms with Crippen LogP contribution in [0.1, 0.15) is 12.5 Å². The topological polar surface area (TPSA) is 45.4 Å². The number of hydrogen-bond acceptors (Lipinski definition) is 2. The van der Waals surface area contributed by atoms with Gasteiger partial charge in [0.05, 0.1) is 18.2 Å². The summed E-state index contributed by atoms with van der Waals surface area (Å²) < 4.78 is 1.98. The molecule has 2 N–H and O–H groups in total. The van der Waals surface area contributed by atoms with Crippen LogP contribution in [0.15, 0.2) is 30.5 Å². The molecule has 0 radical (unpaired) electrons. The van der Waals surface area contributed by atoms with E-state index < -0.39 is 0 Å². The SMILES string of the molecule is CC(O)Cn1ccc2cccc(CO)c21. The molecule has 0 aliphatic heterocycles. The summed E-state index contributed by atoms with van der Waals surface area (Å²) in [5, 5.41) is 19.7. The molecule has 0 spiro atoms. The zero-order chi connectivity index (χ0) is 10.8. The molecule has 15 heavy (non-hydrogen) atoms. The number of hydrogen-bond donors (Lipinski definition) is 2. The van der Waals surface area contributed by atoms with Crippen LogP contribution in [0.4, 0.5) is 0 Å². The van der Waals surface area contributed by atoms with Gasteiger partial charge in [0.2, 0.25) is 0 Å². The highest BCUT2D eigenvalue weighted by molar-refractivity contribution is 5.83. The van der Waals surface area contributed by atoms with E-state index in [1.165, 1.54) is 0 Å². The average Bonchev–Trinajstić information content (AvgIpc) is 2.61. The van der Waals surface area contributed by atoms with E-state index in [2.05, 4.69) is 0 Å². The second kappa shape index (κ2) is 4.04. The molecule has 0 amide bonds. The molecule has 0 fully saturated rings. The lowest BCUT2D eigenvalue weighted by Crippen LogP contribution is -2.11. The predicted molar refractivity (Wildman–Crippen MR) is 59.5 cm³/mol. The predicted octanol–water partition coefficient (Wildman–Crippen LogP) is 1.51. The largest absolute Gasteiger partial charge is 0.392 e. The molecule has 1 unspecified atom stereocenters. The fourth-order valence-electron chi connectivity index (χ4n) is 1.91. The molecule has 1 atom stereocenters. The normalized spacial score (nSPS) is 13.3. The number of rotatable bonds is 3. The van der Waals surface area contributed by atoms with E-state index in [1.54, 1.807) is 6.92 Å². The Morgan fingerprint density at radius 2 is 2.13 bits per heavy atom. The third kappa shape index (κ3) is 1.89. The minimum Gasteiger partial charge on any atom is -0.392 e. The molecule has 0 aliphatic rings. The third-order valence-electron chi connectivity index (χ3n) is 2.50. The number of aliphatic hydroxyl groups excluding tert-OH is 2. The molecule has 1 aromatic carbocycles. The van der Waals surface area contributed by atoms with Gasteiger partial charge in [-0.1, -0.05) is 18.2 Å². The first-order chi connectivity index (χ1) is 7.22. The maximum absolute atomic E-state index is 9.36. The van der Waals surface area contributed by atoms with Crippen molar-refractivity contribution in [2.24, 2.45) is 0 Å². The first-order valence-electron chi connectivity index (χ1n) is 5.08. The number of fused-ring (bicyclic) bond motifs is 1. The zero-order valence-electron chi connectivity index (χ0n) is 8.72. The number of aromatic nitrogens is 1. The zero-order valence-corrected chi connectivity index (χ0v) is 8.72. The highest BCUT2D eigenvalue weighted by atomic mass is 16.3. The fraction of sp³-hybridized carbons (Fsp3) is 0.333. The summed E-state index contributed by atoms with van der Waals surface area (Å²) >= 11 is 0. The van der Waals surface area contributed by atoms with Crippen molar-refractivity contribution in [1.82, 2.24) is 4.57 Å². The smallest absolute Gasteiger partial charge is 0.0702 e. The lowest BCUT2D eigenvalue weighted by atomic mass is 10.1. The van der Waals surface area contributed by atoms with Crippen molar-refractivity contribution in [2.45, 2.75) is 26.2 Å². The van der Waals surface area contributed by atoms with E-state index in [0.717, 1.165) is 16.5 Å². The molecule has 2 rings (SSSR count). The Hall–Kier alpha value is -1.32. The van der Waals surface area contributed by atoms with Gasteiger partial charge in [-0.2, -0.15) is 0 Å². The van der Waals surface area contributed by atoms with E-state index in [9.17, 15) is 10.2 Å². The Bertz CT molecular complexity index is 460. The minimum absolute atomic E-state index is 0.0289. The second-order valence-corrected chi connectivity index (χ2v) is 3.83. The van der Waals surface area contributed by atoms with Crippen molar-refractivity contribution in [3.63, 3.8) is 0 Å².